The third-order valence-electron chi connectivity index (χ3n) is 5.70. The molecular weight excluding hydrogens is 413 g/mol. The van der Waals surface area contributed by atoms with Gasteiger partial charge >= 0.3 is 6.18 Å². The van der Waals surface area contributed by atoms with Crippen molar-refractivity contribution in [3.63, 3.8) is 0 Å². The first-order chi connectivity index (χ1) is 14.6. The summed E-state index contributed by atoms with van der Waals surface area (Å²) >= 11 is 0. The van der Waals surface area contributed by atoms with Gasteiger partial charge in [0, 0.05) is 18.5 Å². The van der Waals surface area contributed by atoms with Crippen LogP contribution >= 0.6 is 0 Å². The molecule has 1 saturated carbocycles. The molecule has 10 heteroatoms. The van der Waals surface area contributed by atoms with Crippen LogP contribution in [0, 0.1) is 5.92 Å². The molecule has 0 radical (unpaired) electrons. The van der Waals surface area contributed by atoms with E-state index in [1.165, 1.54) is 22.9 Å². The fourth-order valence-corrected chi connectivity index (χ4v) is 3.82. The van der Waals surface area contributed by atoms with Crippen molar-refractivity contribution in [3.05, 3.63) is 52.8 Å². The highest BCUT2D eigenvalue weighted by molar-refractivity contribution is 5.97. The normalized spacial score (nSPS) is 20.3. The molecule has 3 rings (SSSR count). The zero-order valence-corrected chi connectivity index (χ0v) is 17.0. The molecule has 0 saturated heterocycles. The molecule has 3 atom stereocenters. The lowest BCUT2D eigenvalue weighted by atomic mass is 9.86. The minimum atomic E-state index is -4.46. The number of aromatic nitrogens is 2. The second-order valence-electron chi connectivity index (χ2n) is 7.84. The lowest BCUT2D eigenvalue weighted by Crippen LogP contribution is -2.36. The second kappa shape index (κ2) is 9.09. The Balaban J connectivity index is 1.78. The van der Waals surface area contributed by atoms with Crippen LogP contribution in [-0.4, -0.2) is 39.4 Å². The Morgan fingerprint density at radius 1 is 1.26 bits per heavy atom. The minimum Gasteiger partial charge on any atom is -0.393 e. The summed E-state index contributed by atoms with van der Waals surface area (Å²) in [6.07, 6.45) is -1.46. The molecule has 1 aliphatic carbocycles. The van der Waals surface area contributed by atoms with Crippen molar-refractivity contribution < 1.29 is 27.9 Å². The van der Waals surface area contributed by atoms with Gasteiger partial charge in [0.1, 0.15) is 5.69 Å². The fraction of sp³-hybridized carbons (Fsp3) is 0.476. The lowest BCUT2D eigenvalue weighted by molar-refractivity contribution is -0.137. The molecule has 1 unspecified atom stereocenters. The average molecular weight is 438 g/mol. The maximum absolute atomic E-state index is 12.8. The van der Waals surface area contributed by atoms with Gasteiger partial charge in [-0.05, 0) is 37.5 Å². The molecule has 2 aromatic rings. The molecule has 0 bridgehead atoms. The summed E-state index contributed by atoms with van der Waals surface area (Å²) in [6.45, 7) is 1.93. The molecule has 1 heterocycles. The van der Waals surface area contributed by atoms with Gasteiger partial charge in [0.05, 0.1) is 17.7 Å². The van der Waals surface area contributed by atoms with Crippen molar-refractivity contribution in [3.8, 4) is 0 Å². The van der Waals surface area contributed by atoms with Crippen LogP contribution in [0.3, 0.4) is 0 Å². The average Bonchev–Trinajstić information content (AvgIpc) is 3.18. The third-order valence-corrected chi connectivity index (χ3v) is 5.70. The van der Waals surface area contributed by atoms with E-state index >= 15 is 0 Å². The monoisotopic (exact) mass is 438 g/mol. The van der Waals surface area contributed by atoms with E-state index in [2.05, 4.69) is 10.4 Å². The van der Waals surface area contributed by atoms with Crippen molar-refractivity contribution in [1.29, 1.82) is 0 Å². The Hall–Kier alpha value is -2.88. The van der Waals surface area contributed by atoms with E-state index in [9.17, 15) is 27.9 Å². The Bertz CT molecular complexity index is 940. The quantitative estimate of drug-likeness (QED) is 0.644. The first kappa shape index (κ1) is 22.8. The summed E-state index contributed by atoms with van der Waals surface area (Å²) in [7, 11) is 0. The zero-order valence-electron chi connectivity index (χ0n) is 17.0. The zero-order chi connectivity index (χ0) is 22.8. The van der Waals surface area contributed by atoms with Crippen LogP contribution in [0.25, 0.3) is 0 Å². The van der Waals surface area contributed by atoms with Gasteiger partial charge in [-0.15, -0.1) is 0 Å². The highest BCUT2D eigenvalue weighted by Crippen LogP contribution is 2.30. The number of hydrogen-bond donors (Lipinski definition) is 3. The number of amides is 2. The molecule has 4 N–H and O–H groups in total. The predicted molar refractivity (Wildman–Crippen MR) is 106 cm³/mol. The number of carbonyl (C=O) groups is 2. The van der Waals surface area contributed by atoms with Gasteiger partial charge in [0.25, 0.3) is 11.8 Å². The Morgan fingerprint density at radius 2 is 1.90 bits per heavy atom. The van der Waals surface area contributed by atoms with E-state index in [1.54, 1.807) is 6.92 Å². The topological polar surface area (TPSA) is 110 Å². The maximum atomic E-state index is 12.8. The van der Waals surface area contributed by atoms with Crippen LogP contribution in [0.4, 0.5) is 13.2 Å². The Labute approximate surface area is 177 Å². The summed E-state index contributed by atoms with van der Waals surface area (Å²) < 4.78 is 39.6. The lowest BCUT2D eigenvalue weighted by Gasteiger charge is -2.27. The Kier molecular flexibility index (Phi) is 6.68. The number of aliphatic hydroxyl groups is 1. The first-order valence-corrected chi connectivity index (χ1v) is 10.1. The smallest absolute Gasteiger partial charge is 0.393 e. The highest BCUT2D eigenvalue weighted by Gasteiger charge is 2.30. The van der Waals surface area contributed by atoms with Gasteiger partial charge in [0.2, 0.25) is 0 Å². The van der Waals surface area contributed by atoms with Gasteiger partial charge in [-0.25, -0.2) is 0 Å². The van der Waals surface area contributed by atoms with Crippen LogP contribution in [0.5, 0.6) is 0 Å². The van der Waals surface area contributed by atoms with Gasteiger partial charge in [0.15, 0.2) is 5.69 Å². The van der Waals surface area contributed by atoms with Gasteiger partial charge in [-0.3, -0.25) is 14.3 Å². The summed E-state index contributed by atoms with van der Waals surface area (Å²) in [5, 5.41) is 16.9. The number of hydrogen-bond acceptors (Lipinski definition) is 4. The second-order valence-corrected chi connectivity index (χ2v) is 7.84. The molecule has 7 nitrogen and oxygen atoms in total. The number of primary amides is 1. The number of carbonyl (C=O) groups excluding carboxylic acids is 2. The van der Waals surface area contributed by atoms with Crippen LogP contribution in [-0.2, 0) is 6.18 Å². The summed E-state index contributed by atoms with van der Waals surface area (Å²) in [5.74, 6) is -1.37. The molecule has 2 amide bonds. The predicted octanol–water partition coefficient (Wildman–Crippen LogP) is 2.89. The molecule has 1 aliphatic rings. The summed E-state index contributed by atoms with van der Waals surface area (Å²) in [6, 6.07) is 5.11. The van der Waals surface area contributed by atoms with Crippen molar-refractivity contribution in [1.82, 2.24) is 15.1 Å². The van der Waals surface area contributed by atoms with Crippen molar-refractivity contribution in [2.75, 3.05) is 6.54 Å². The van der Waals surface area contributed by atoms with Gasteiger partial charge in [-0.1, -0.05) is 25.0 Å². The number of nitrogens with zero attached hydrogens (tertiary/aromatic N) is 2. The summed E-state index contributed by atoms with van der Waals surface area (Å²) in [4.78, 5) is 24.4. The van der Waals surface area contributed by atoms with Crippen molar-refractivity contribution in [2.45, 2.75) is 50.9 Å². The number of nitrogens with two attached hydrogens (primary N) is 1. The van der Waals surface area contributed by atoms with E-state index < -0.39 is 35.7 Å². The van der Waals surface area contributed by atoms with Crippen LogP contribution in [0.2, 0.25) is 0 Å². The van der Waals surface area contributed by atoms with E-state index in [-0.39, 0.29) is 23.9 Å². The molecule has 1 fully saturated rings. The van der Waals surface area contributed by atoms with Crippen LogP contribution < -0.4 is 11.1 Å². The number of halogens is 3. The number of benzene rings is 1. The van der Waals surface area contributed by atoms with Crippen molar-refractivity contribution >= 4 is 11.8 Å². The highest BCUT2D eigenvalue weighted by atomic mass is 19.4. The maximum Gasteiger partial charge on any atom is 0.416 e. The van der Waals surface area contributed by atoms with E-state index in [1.807, 2.05) is 0 Å². The van der Waals surface area contributed by atoms with Crippen LogP contribution in [0.15, 0.2) is 30.3 Å². The number of nitrogens with one attached hydrogen (secondary N) is 1. The molecule has 0 aliphatic heterocycles. The molecule has 1 aromatic heterocycles. The Morgan fingerprint density at radius 3 is 2.48 bits per heavy atom. The van der Waals surface area contributed by atoms with E-state index in [4.69, 9.17) is 5.73 Å². The minimum absolute atomic E-state index is 0.0298. The molecule has 1 aromatic carbocycles. The van der Waals surface area contributed by atoms with E-state index in [0.717, 1.165) is 31.4 Å². The molecule has 168 valence electrons. The first-order valence-electron chi connectivity index (χ1n) is 10.1. The molecule has 31 heavy (non-hydrogen) atoms. The number of rotatable bonds is 6. The molecular formula is C21H25F3N4O3. The van der Waals surface area contributed by atoms with E-state index in [0.29, 0.717) is 12.0 Å². The van der Waals surface area contributed by atoms with Gasteiger partial charge < -0.3 is 16.2 Å². The van der Waals surface area contributed by atoms with Crippen molar-refractivity contribution in [2.24, 2.45) is 11.7 Å². The number of alkyl halides is 3. The number of aliphatic hydroxyl groups excluding tert-OH is 1. The summed E-state index contributed by atoms with van der Waals surface area (Å²) in [5.41, 5.74) is 5.04. The SMILES string of the molecule is C[C@H](c1ccc(C(F)(F)F)cc1)n1nc(C(=O)NCC2CCCC[C@@H]2O)cc1C(N)=O. The van der Waals surface area contributed by atoms with Crippen LogP contribution in [0.1, 0.15) is 70.8 Å². The van der Waals surface area contributed by atoms with Gasteiger partial charge in [-0.2, -0.15) is 18.3 Å². The molecule has 0 spiro atoms. The fourth-order valence-electron chi connectivity index (χ4n) is 3.82. The third kappa shape index (κ3) is 5.25. The largest absolute Gasteiger partial charge is 0.416 e. The standard InChI is InChI=1S/C21H25F3N4O3/c1-12(13-6-8-15(9-7-13)21(22,23)24)28-17(19(25)30)10-16(27-28)20(31)26-11-14-4-2-3-5-18(14)29/h6-10,12,14,18,29H,2-5,11H2,1H3,(H2,25,30)(H,26,31)/t12-,14?,18+/m1/s1.